The van der Waals surface area contributed by atoms with Gasteiger partial charge in [0.15, 0.2) is 0 Å². The molecule has 0 spiro atoms. The molecular weight excluding hydrogens is 218 g/mol. The van der Waals surface area contributed by atoms with E-state index in [4.69, 9.17) is 0 Å². The minimum atomic E-state index is -0.984. The summed E-state index contributed by atoms with van der Waals surface area (Å²) in [4.78, 5) is 19.6. The standard InChI is InChI=1S/C12H19N3O2/c1-5-6-12(4,11(16)17)15-10-7-8(2)13-9(3)14-10/h7H,5-6H2,1-4H3,(H,16,17)(H,13,14,15). The Morgan fingerprint density at radius 2 is 2.12 bits per heavy atom. The van der Waals surface area contributed by atoms with Crippen molar-refractivity contribution >= 4 is 11.8 Å². The summed E-state index contributed by atoms with van der Waals surface area (Å²) in [6.07, 6.45) is 1.34. The third kappa shape index (κ3) is 3.41. The first-order chi connectivity index (χ1) is 7.87. The fourth-order valence-corrected chi connectivity index (χ4v) is 1.79. The van der Waals surface area contributed by atoms with Crippen LogP contribution in [0.4, 0.5) is 5.82 Å². The second-order valence-electron chi connectivity index (χ2n) is 4.45. The topological polar surface area (TPSA) is 75.1 Å². The molecular formula is C12H19N3O2. The Bertz CT molecular complexity index is 400. The lowest BCUT2D eigenvalue weighted by Crippen LogP contribution is -2.43. The van der Waals surface area contributed by atoms with E-state index in [-0.39, 0.29) is 0 Å². The summed E-state index contributed by atoms with van der Waals surface area (Å²) >= 11 is 0. The van der Waals surface area contributed by atoms with Crippen molar-refractivity contribution in [2.45, 2.75) is 46.1 Å². The number of carboxylic acid groups (broad SMARTS) is 1. The maximum atomic E-state index is 11.3. The van der Waals surface area contributed by atoms with E-state index >= 15 is 0 Å². The van der Waals surface area contributed by atoms with Gasteiger partial charge in [0.05, 0.1) is 0 Å². The number of carbonyl (C=O) groups is 1. The van der Waals surface area contributed by atoms with Gasteiger partial charge in [-0.2, -0.15) is 0 Å². The molecule has 0 fully saturated rings. The number of aliphatic carboxylic acids is 1. The van der Waals surface area contributed by atoms with Crippen LogP contribution in [0.1, 0.15) is 38.2 Å². The Morgan fingerprint density at radius 3 is 2.59 bits per heavy atom. The number of aryl methyl sites for hydroxylation is 2. The summed E-state index contributed by atoms with van der Waals surface area (Å²) in [6.45, 7) is 7.28. The second-order valence-corrected chi connectivity index (χ2v) is 4.45. The molecule has 0 saturated carbocycles. The number of rotatable bonds is 5. The van der Waals surface area contributed by atoms with Crippen LogP contribution in [-0.4, -0.2) is 26.6 Å². The number of anilines is 1. The molecule has 0 saturated heterocycles. The average molecular weight is 237 g/mol. The summed E-state index contributed by atoms with van der Waals surface area (Å²) in [5, 5.41) is 12.2. The highest BCUT2D eigenvalue weighted by Crippen LogP contribution is 2.19. The maximum Gasteiger partial charge on any atom is 0.329 e. The van der Waals surface area contributed by atoms with Crippen LogP contribution in [0.25, 0.3) is 0 Å². The predicted octanol–water partition coefficient (Wildman–Crippen LogP) is 2.15. The van der Waals surface area contributed by atoms with E-state index in [1.807, 2.05) is 13.8 Å². The number of nitrogens with one attached hydrogen (secondary N) is 1. The first-order valence-electron chi connectivity index (χ1n) is 5.71. The lowest BCUT2D eigenvalue weighted by atomic mass is 9.96. The summed E-state index contributed by atoms with van der Waals surface area (Å²) in [5.74, 6) is 0.332. The van der Waals surface area contributed by atoms with Gasteiger partial charge in [-0.15, -0.1) is 0 Å². The van der Waals surface area contributed by atoms with Gasteiger partial charge in [-0.05, 0) is 27.2 Å². The van der Waals surface area contributed by atoms with Gasteiger partial charge in [0, 0.05) is 11.8 Å². The molecule has 0 aromatic carbocycles. The van der Waals surface area contributed by atoms with Crippen LogP contribution >= 0.6 is 0 Å². The zero-order chi connectivity index (χ0) is 13.1. The summed E-state index contributed by atoms with van der Waals surface area (Å²) in [5.41, 5.74) is -0.161. The molecule has 1 aromatic rings. The van der Waals surface area contributed by atoms with Gasteiger partial charge in [0.25, 0.3) is 0 Å². The largest absolute Gasteiger partial charge is 0.480 e. The van der Waals surface area contributed by atoms with Crippen LogP contribution in [0.15, 0.2) is 6.07 Å². The van der Waals surface area contributed by atoms with E-state index in [0.717, 1.165) is 12.1 Å². The van der Waals surface area contributed by atoms with Crippen molar-refractivity contribution in [3.05, 3.63) is 17.6 Å². The highest BCUT2D eigenvalue weighted by molar-refractivity contribution is 5.81. The van der Waals surface area contributed by atoms with Crippen molar-refractivity contribution in [2.75, 3.05) is 5.32 Å². The molecule has 1 aromatic heterocycles. The van der Waals surface area contributed by atoms with Crippen molar-refractivity contribution in [2.24, 2.45) is 0 Å². The second kappa shape index (κ2) is 5.12. The first kappa shape index (κ1) is 13.4. The van der Waals surface area contributed by atoms with Gasteiger partial charge in [0.2, 0.25) is 0 Å². The normalized spacial score (nSPS) is 14.1. The molecule has 1 heterocycles. The lowest BCUT2D eigenvalue weighted by molar-refractivity contribution is -0.142. The number of nitrogens with zero attached hydrogens (tertiary/aromatic N) is 2. The highest BCUT2D eigenvalue weighted by Gasteiger charge is 2.32. The lowest BCUT2D eigenvalue weighted by Gasteiger charge is -2.26. The van der Waals surface area contributed by atoms with Gasteiger partial charge >= 0.3 is 5.97 Å². The molecule has 5 heteroatoms. The van der Waals surface area contributed by atoms with Crippen LogP contribution in [0.3, 0.4) is 0 Å². The van der Waals surface area contributed by atoms with Crippen molar-refractivity contribution in [1.29, 1.82) is 0 Å². The summed E-state index contributed by atoms with van der Waals surface area (Å²) < 4.78 is 0. The monoisotopic (exact) mass is 237 g/mol. The smallest absolute Gasteiger partial charge is 0.329 e. The molecule has 0 aliphatic carbocycles. The van der Waals surface area contributed by atoms with Crippen LogP contribution in [0, 0.1) is 13.8 Å². The third-order valence-electron chi connectivity index (χ3n) is 2.59. The Labute approximate surface area is 101 Å². The van der Waals surface area contributed by atoms with Gasteiger partial charge in [0.1, 0.15) is 17.2 Å². The first-order valence-corrected chi connectivity index (χ1v) is 5.71. The van der Waals surface area contributed by atoms with Crippen LogP contribution in [0.2, 0.25) is 0 Å². The van der Waals surface area contributed by atoms with Crippen LogP contribution in [0.5, 0.6) is 0 Å². The fraction of sp³-hybridized carbons (Fsp3) is 0.583. The molecule has 0 amide bonds. The van der Waals surface area contributed by atoms with E-state index in [9.17, 15) is 9.90 Å². The van der Waals surface area contributed by atoms with Crippen molar-refractivity contribution < 1.29 is 9.90 Å². The van der Waals surface area contributed by atoms with Crippen LogP contribution < -0.4 is 5.32 Å². The molecule has 0 aliphatic rings. The molecule has 0 radical (unpaired) electrons. The quantitative estimate of drug-likeness (QED) is 0.820. The Hall–Kier alpha value is -1.65. The van der Waals surface area contributed by atoms with Crippen molar-refractivity contribution in [3.8, 4) is 0 Å². The average Bonchev–Trinajstić information content (AvgIpc) is 2.15. The number of aromatic nitrogens is 2. The maximum absolute atomic E-state index is 11.3. The van der Waals surface area contributed by atoms with E-state index in [1.165, 1.54) is 0 Å². The minimum Gasteiger partial charge on any atom is -0.480 e. The Morgan fingerprint density at radius 1 is 1.47 bits per heavy atom. The number of hydrogen-bond donors (Lipinski definition) is 2. The predicted molar refractivity (Wildman–Crippen MR) is 66.1 cm³/mol. The van der Waals surface area contributed by atoms with Crippen molar-refractivity contribution in [3.63, 3.8) is 0 Å². The summed E-state index contributed by atoms with van der Waals surface area (Å²) in [7, 11) is 0. The Balaban J connectivity index is 2.97. The molecule has 0 bridgehead atoms. The van der Waals surface area contributed by atoms with Gasteiger partial charge < -0.3 is 10.4 Å². The molecule has 94 valence electrons. The highest BCUT2D eigenvalue weighted by atomic mass is 16.4. The molecule has 5 nitrogen and oxygen atoms in total. The molecule has 17 heavy (non-hydrogen) atoms. The number of carboxylic acids is 1. The van der Waals surface area contributed by atoms with Gasteiger partial charge in [-0.1, -0.05) is 13.3 Å². The molecule has 1 rings (SSSR count). The van der Waals surface area contributed by atoms with E-state index < -0.39 is 11.5 Å². The van der Waals surface area contributed by atoms with E-state index in [0.29, 0.717) is 18.1 Å². The number of hydrogen-bond acceptors (Lipinski definition) is 4. The van der Waals surface area contributed by atoms with Crippen LogP contribution in [-0.2, 0) is 4.79 Å². The molecule has 1 atom stereocenters. The zero-order valence-electron chi connectivity index (χ0n) is 10.7. The zero-order valence-corrected chi connectivity index (χ0v) is 10.7. The third-order valence-corrected chi connectivity index (χ3v) is 2.59. The van der Waals surface area contributed by atoms with Gasteiger partial charge in [-0.25, -0.2) is 14.8 Å². The fourth-order valence-electron chi connectivity index (χ4n) is 1.79. The minimum absolute atomic E-state index is 0.546. The molecule has 1 unspecified atom stereocenters. The van der Waals surface area contributed by atoms with Crippen molar-refractivity contribution in [1.82, 2.24) is 9.97 Å². The summed E-state index contributed by atoms with van der Waals surface area (Å²) in [6, 6.07) is 1.75. The van der Waals surface area contributed by atoms with E-state index in [2.05, 4.69) is 15.3 Å². The SMILES string of the molecule is CCCC(C)(Nc1cc(C)nc(C)n1)C(=O)O. The van der Waals surface area contributed by atoms with Gasteiger partial charge in [-0.3, -0.25) is 0 Å². The molecule has 2 N–H and O–H groups in total. The Kier molecular flexibility index (Phi) is 4.04. The molecule has 0 aliphatic heterocycles. The van der Waals surface area contributed by atoms with E-state index in [1.54, 1.807) is 19.9 Å².